The van der Waals surface area contributed by atoms with Gasteiger partial charge in [0.2, 0.25) is 10.0 Å². The molecule has 0 heterocycles. The van der Waals surface area contributed by atoms with Gasteiger partial charge in [-0.15, -0.1) is 0 Å². The van der Waals surface area contributed by atoms with Gasteiger partial charge in [-0.3, -0.25) is 0 Å². The number of nitrogens with zero attached hydrogens (tertiary/aromatic N) is 2. The number of likely N-dealkylation sites (N-methyl/N-ethyl adjacent to an activating group) is 2. The van der Waals surface area contributed by atoms with E-state index >= 15 is 0 Å². The Morgan fingerprint density at radius 1 is 1.16 bits per heavy atom. The van der Waals surface area contributed by atoms with Crippen LogP contribution in [0.1, 0.15) is 6.92 Å². The van der Waals surface area contributed by atoms with Crippen molar-refractivity contribution in [2.45, 2.75) is 11.8 Å². The van der Waals surface area contributed by atoms with E-state index in [9.17, 15) is 8.42 Å². The molecule has 0 radical (unpaired) electrons. The quantitative estimate of drug-likeness (QED) is 0.757. The number of rotatable bonds is 7. The second kappa shape index (κ2) is 6.88. The van der Waals surface area contributed by atoms with Gasteiger partial charge in [0.05, 0.1) is 7.11 Å². The Morgan fingerprint density at radius 2 is 1.79 bits per heavy atom. The first-order valence-corrected chi connectivity index (χ1v) is 7.65. The molecular formula is C13H22N2O3S. The number of ether oxygens (including phenoxy) is 1. The zero-order valence-electron chi connectivity index (χ0n) is 12.0. The molecule has 0 atom stereocenters. The number of sulfonamides is 1. The molecule has 0 unspecified atom stereocenters. The Kier molecular flexibility index (Phi) is 5.78. The summed E-state index contributed by atoms with van der Waals surface area (Å²) in [6.45, 7) is 4.07. The molecule has 0 saturated heterocycles. The maximum atomic E-state index is 12.4. The largest absolute Gasteiger partial charge is 0.495 e. The maximum absolute atomic E-state index is 12.4. The minimum absolute atomic E-state index is 0.208. The van der Waals surface area contributed by atoms with Crippen LogP contribution >= 0.6 is 0 Å². The highest BCUT2D eigenvalue weighted by atomic mass is 32.2. The van der Waals surface area contributed by atoms with E-state index in [-0.39, 0.29) is 4.90 Å². The molecule has 1 aromatic rings. The van der Waals surface area contributed by atoms with Crippen LogP contribution in [0.4, 0.5) is 0 Å². The van der Waals surface area contributed by atoms with Gasteiger partial charge in [0.15, 0.2) is 0 Å². The van der Waals surface area contributed by atoms with Gasteiger partial charge in [0.25, 0.3) is 0 Å². The molecule has 0 aliphatic carbocycles. The third-order valence-electron chi connectivity index (χ3n) is 3.09. The maximum Gasteiger partial charge on any atom is 0.246 e. The highest BCUT2D eigenvalue weighted by Gasteiger charge is 2.24. The summed E-state index contributed by atoms with van der Waals surface area (Å²) >= 11 is 0. The Balaban J connectivity index is 2.91. The van der Waals surface area contributed by atoms with Crippen LogP contribution in [0.15, 0.2) is 29.2 Å². The fourth-order valence-corrected chi connectivity index (χ4v) is 2.90. The number of hydrogen-bond donors (Lipinski definition) is 0. The molecule has 108 valence electrons. The van der Waals surface area contributed by atoms with Crippen LogP contribution in [0.25, 0.3) is 0 Å². The number of methoxy groups -OCH3 is 1. The van der Waals surface area contributed by atoms with E-state index in [4.69, 9.17) is 4.74 Å². The van der Waals surface area contributed by atoms with Gasteiger partial charge < -0.3 is 9.64 Å². The first-order valence-electron chi connectivity index (χ1n) is 6.21. The van der Waals surface area contributed by atoms with Crippen LogP contribution in [-0.2, 0) is 10.0 Å². The average molecular weight is 286 g/mol. The third kappa shape index (κ3) is 3.92. The molecule has 6 heteroatoms. The van der Waals surface area contributed by atoms with Crippen LogP contribution in [0.5, 0.6) is 5.75 Å². The van der Waals surface area contributed by atoms with Crippen molar-refractivity contribution in [2.24, 2.45) is 0 Å². The van der Waals surface area contributed by atoms with Gasteiger partial charge in [0.1, 0.15) is 10.6 Å². The van der Waals surface area contributed by atoms with E-state index < -0.39 is 10.0 Å². The van der Waals surface area contributed by atoms with E-state index in [0.29, 0.717) is 18.8 Å². The molecule has 1 aromatic carbocycles. The normalized spacial score (nSPS) is 12.1. The molecule has 0 fully saturated rings. The Bertz CT molecular complexity index is 502. The van der Waals surface area contributed by atoms with Crippen molar-refractivity contribution in [2.75, 3.05) is 40.8 Å². The molecule has 0 aliphatic heterocycles. The molecule has 19 heavy (non-hydrogen) atoms. The second-order valence-corrected chi connectivity index (χ2v) is 6.39. The average Bonchev–Trinajstić information content (AvgIpc) is 2.43. The molecular weight excluding hydrogens is 264 g/mol. The second-order valence-electron chi connectivity index (χ2n) is 4.37. The van der Waals surface area contributed by atoms with E-state index in [0.717, 1.165) is 6.54 Å². The summed E-state index contributed by atoms with van der Waals surface area (Å²) in [5.74, 6) is 0.373. The van der Waals surface area contributed by atoms with Crippen molar-refractivity contribution in [1.29, 1.82) is 0 Å². The van der Waals surface area contributed by atoms with Gasteiger partial charge in [0, 0.05) is 20.1 Å². The van der Waals surface area contributed by atoms with Gasteiger partial charge in [-0.1, -0.05) is 19.1 Å². The predicted octanol–water partition coefficient (Wildman–Crippen LogP) is 1.27. The number of benzene rings is 1. The van der Waals surface area contributed by atoms with Crippen molar-refractivity contribution in [3.63, 3.8) is 0 Å². The number of para-hydroxylation sites is 1. The molecule has 0 spiro atoms. The summed E-state index contributed by atoms with van der Waals surface area (Å²) in [5, 5.41) is 0. The van der Waals surface area contributed by atoms with E-state index in [1.165, 1.54) is 11.4 Å². The van der Waals surface area contributed by atoms with Crippen LogP contribution in [0, 0.1) is 0 Å². The summed E-state index contributed by atoms with van der Waals surface area (Å²) < 4.78 is 31.4. The molecule has 0 amide bonds. The van der Waals surface area contributed by atoms with Gasteiger partial charge in [-0.05, 0) is 25.7 Å². The molecule has 5 nitrogen and oxygen atoms in total. The smallest absolute Gasteiger partial charge is 0.246 e. The first-order chi connectivity index (χ1) is 8.93. The van der Waals surface area contributed by atoms with Crippen molar-refractivity contribution < 1.29 is 13.2 Å². The monoisotopic (exact) mass is 286 g/mol. The lowest BCUT2D eigenvalue weighted by Gasteiger charge is -2.21. The van der Waals surface area contributed by atoms with Crippen LogP contribution in [0.3, 0.4) is 0 Å². The van der Waals surface area contributed by atoms with Crippen molar-refractivity contribution in [3.8, 4) is 5.75 Å². The Hall–Kier alpha value is -1.11. The van der Waals surface area contributed by atoms with Crippen LogP contribution < -0.4 is 4.74 Å². The summed E-state index contributed by atoms with van der Waals surface area (Å²) in [6.07, 6.45) is 0. The van der Waals surface area contributed by atoms with Crippen molar-refractivity contribution >= 4 is 10.0 Å². The van der Waals surface area contributed by atoms with Crippen LogP contribution in [0.2, 0.25) is 0 Å². The highest BCUT2D eigenvalue weighted by molar-refractivity contribution is 7.89. The van der Waals surface area contributed by atoms with E-state index in [1.807, 2.05) is 14.0 Å². The summed E-state index contributed by atoms with van der Waals surface area (Å²) in [4.78, 5) is 2.27. The minimum Gasteiger partial charge on any atom is -0.495 e. The minimum atomic E-state index is -3.50. The summed E-state index contributed by atoms with van der Waals surface area (Å²) in [7, 11) is 1.52. The first kappa shape index (κ1) is 15.9. The predicted molar refractivity (Wildman–Crippen MR) is 76.0 cm³/mol. The van der Waals surface area contributed by atoms with E-state index in [2.05, 4.69) is 4.90 Å². The van der Waals surface area contributed by atoms with Crippen molar-refractivity contribution in [1.82, 2.24) is 9.21 Å². The Labute approximate surface area is 115 Å². The number of hydrogen-bond acceptors (Lipinski definition) is 4. The lowest BCUT2D eigenvalue weighted by atomic mass is 10.3. The lowest BCUT2D eigenvalue weighted by molar-refractivity contribution is 0.320. The highest BCUT2D eigenvalue weighted by Crippen LogP contribution is 2.25. The van der Waals surface area contributed by atoms with Gasteiger partial charge in [-0.2, -0.15) is 4.31 Å². The molecule has 0 aliphatic rings. The summed E-state index contributed by atoms with van der Waals surface area (Å²) in [6, 6.07) is 6.66. The molecule has 0 aromatic heterocycles. The SMILES string of the molecule is CCN(C)CCN(C)S(=O)(=O)c1ccccc1OC. The zero-order chi connectivity index (χ0) is 14.5. The fourth-order valence-electron chi connectivity index (χ4n) is 1.59. The Morgan fingerprint density at radius 3 is 2.37 bits per heavy atom. The van der Waals surface area contributed by atoms with Gasteiger partial charge >= 0.3 is 0 Å². The topological polar surface area (TPSA) is 49.9 Å². The third-order valence-corrected chi connectivity index (χ3v) is 4.99. The van der Waals surface area contributed by atoms with Gasteiger partial charge in [-0.25, -0.2) is 8.42 Å². The molecule has 0 saturated carbocycles. The lowest BCUT2D eigenvalue weighted by Crippen LogP contribution is -2.34. The molecule has 0 bridgehead atoms. The van der Waals surface area contributed by atoms with Crippen LogP contribution in [-0.4, -0.2) is 58.5 Å². The fraction of sp³-hybridized carbons (Fsp3) is 0.538. The molecule has 0 N–H and O–H groups in total. The zero-order valence-corrected chi connectivity index (χ0v) is 12.8. The molecule has 1 rings (SSSR count). The van der Waals surface area contributed by atoms with E-state index in [1.54, 1.807) is 31.3 Å². The van der Waals surface area contributed by atoms with Crippen molar-refractivity contribution in [3.05, 3.63) is 24.3 Å². The summed E-state index contributed by atoms with van der Waals surface area (Å²) in [5.41, 5.74) is 0. The standard InChI is InChI=1S/C13H22N2O3S/c1-5-14(2)10-11-15(3)19(16,17)13-9-7-6-8-12(13)18-4/h6-9H,5,10-11H2,1-4H3.